The number of aromatic hydroxyl groups is 2. The molecule has 0 aliphatic rings. The standard InChI is InChI=1S/C18H17N3O2/c1-10-3-6-15-14(7-10)11(2)8-16(20-15)18(21-19)13-5-4-12(22)9-17(13)23/h3-9,22-23H,19H2,1-2H3/b21-18+. The van der Waals surface area contributed by atoms with Gasteiger partial charge in [-0.25, -0.2) is 4.98 Å². The van der Waals surface area contributed by atoms with E-state index in [9.17, 15) is 10.2 Å². The summed E-state index contributed by atoms with van der Waals surface area (Å²) in [5, 5.41) is 24.3. The Morgan fingerprint density at radius 1 is 1.04 bits per heavy atom. The number of hydrazone groups is 1. The zero-order chi connectivity index (χ0) is 16.6. The van der Waals surface area contributed by atoms with E-state index in [1.54, 1.807) is 6.07 Å². The number of aryl methyl sites for hydroxylation is 2. The molecule has 3 aromatic rings. The monoisotopic (exact) mass is 307 g/mol. The number of pyridine rings is 1. The smallest absolute Gasteiger partial charge is 0.128 e. The van der Waals surface area contributed by atoms with E-state index in [0.29, 0.717) is 17.0 Å². The lowest BCUT2D eigenvalue weighted by Gasteiger charge is -2.11. The van der Waals surface area contributed by atoms with Crippen molar-refractivity contribution in [2.24, 2.45) is 10.9 Å². The van der Waals surface area contributed by atoms with Gasteiger partial charge in [-0.3, -0.25) is 0 Å². The Balaban J connectivity index is 2.19. The summed E-state index contributed by atoms with van der Waals surface area (Å²) in [4.78, 5) is 4.60. The molecule has 0 bridgehead atoms. The van der Waals surface area contributed by atoms with Crippen molar-refractivity contribution in [3.05, 3.63) is 64.8 Å². The minimum atomic E-state index is -0.0994. The van der Waals surface area contributed by atoms with E-state index in [2.05, 4.69) is 16.2 Å². The molecule has 4 N–H and O–H groups in total. The molecule has 0 aliphatic heterocycles. The van der Waals surface area contributed by atoms with Crippen molar-refractivity contribution in [3.8, 4) is 11.5 Å². The van der Waals surface area contributed by atoms with Crippen LogP contribution in [0.3, 0.4) is 0 Å². The maximum Gasteiger partial charge on any atom is 0.128 e. The molecule has 0 unspecified atom stereocenters. The fourth-order valence-electron chi connectivity index (χ4n) is 2.62. The Morgan fingerprint density at radius 2 is 1.83 bits per heavy atom. The van der Waals surface area contributed by atoms with Gasteiger partial charge in [0.25, 0.3) is 0 Å². The van der Waals surface area contributed by atoms with Gasteiger partial charge in [-0.1, -0.05) is 11.6 Å². The number of phenols is 2. The van der Waals surface area contributed by atoms with E-state index in [4.69, 9.17) is 5.84 Å². The molecule has 1 aromatic heterocycles. The first-order valence-electron chi connectivity index (χ1n) is 7.18. The number of nitrogens with zero attached hydrogens (tertiary/aromatic N) is 2. The van der Waals surface area contributed by atoms with Crippen LogP contribution >= 0.6 is 0 Å². The summed E-state index contributed by atoms with van der Waals surface area (Å²) in [7, 11) is 0. The third-order valence-corrected chi connectivity index (χ3v) is 3.78. The molecule has 0 aliphatic carbocycles. The lowest BCUT2D eigenvalue weighted by molar-refractivity contribution is 0.450. The number of benzene rings is 2. The van der Waals surface area contributed by atoms with Crippen LogP contribution in [0.1, 0.15) is 22.4 Å². The number of phenolic OH excluding ortho intramolecular Hbond substituents is 2. The van der Waals surface area contributed by atoms with Crippen LogP contribution in [-0.4, -0.2) is 20.9 Å². The Hall–Kier alpha value is -3.08. The molecule has 0 amide bonds. The molecular formula is C18H17N3O2. The number of aromatic nitrogens is 1. The van der Waals surface area contributed by atoms with Gasteiger partial charge < -0.3 is 16.1 Å². The van der Waals surface area contributed by atoms with Gasteiger partial charge in [-0.05, 0) is 49.7 Å². The highest BCUT2D eigenvalue weighted by Crippen LogP contribution is 2.26. The summed E-state index contributed by atoms with van der Waals surface area (Å²) in [5.41, 5.74) is 4.41. The van der Waals surface area contributed by atoms with E-state index < -0.39 is 0 Å². The van der Waals surface area contributed by atoms with Gasteiger partial charge in [0.15, 0.2) is 0 Å². The average molecular weight is 307 g/mol. The molecule has 23 heavy (non-hydrogen) atoms. The summed E-state index contributed by atoms with van der Waals surface area (Å²) >= 11 is 0. The first-order chi connectivity index (χ1) is 11.0. The Kier molecular flexibility index (Phi) is 3.62. The van der Waals surface area contributed by atoms with Gasteiger partial charge in [0, 0.05) is 17.0 Å². The van der Waals surface area contributed by atoms with Gasteiger partial charge in [-0.15, -0.1) is 0 Å². The molecule has 0 spiro atoms. The number of nitrogens with two attached hydrogens (primary N) is 1. The third-order valence-electron chi connectivity index (χ3n) is 3.78. The van der Waals surface area contributed by atoms with Gasteiger partial charge in [0.2, 0.25) is 0 Å². The summed E-state index contributed by atoms with van der Waals surface area (Å²) in [5.74, 6) is 5.41. The Bertz CT molecular complexity index is 933. The number of rotatable bonds is 2. The summed E-state index contributed by atoms with van der Waals surface area (Å²) in [6, 6.07) is 12.2. The number of hydrogen-bond donors (Lipinski definition) is 3. The SMILES string of the molecule is Cc1ccc2nc(/C(=N/N)c3ccc(O)cc3O)cc(C)c2c1. The predicted molar refractivity (Wildman–Crippen MR) is 90.8 cm³/mol. The molecule has 0 radical (unpaired) electrons. The van der Waals surface area contributed by atoms with Crippen molar-refractivity contribution in [2.45, 2.75) is 13.8 Å². The molecule has 1 heterocycles. The highest BCUT2D eigenvalue weighted by atomic mass is 16.3. The van der Waals surface area contributed by atoms with Crippen LogP contribution in [-0.2, 0) is 0 Å². The molecule has 116 valence electrons. The largest absolute Gasteiger partial charge is 0.508 e. The molecule has 0 saturated carbocycles. The Morgan fingerprint density at radius 3 is 2.52 bits per heavy atom. The highest BCUT2D eigenvalue weighted by Gasteiger charge is 2.15. The highest BCUT2D eigenvalue weighted by molar-refractivity contribution is 6.14. The summed E-state index contributed by atoms with van der Waals surface area (Å²) in [6.45, 7) is 4.03. The lowest BCUT2D eigenvalue weighted by atomic mass is 10.0. The summed E-state index contributed by atoms with van der Waals surface area (Å²) in [6.07, 6.45) is 0. The van der Waals surface area contributed by atoms with Crippen LogP contribution < -0.4 is 5.84 Å². The average Bonchev–Trinajstić information content (AvgIpc) is 2.51. The van der Waals surface area contributed by atoms with Crippen molar-refractivity contribution in [1.29, 1.82) is 0 Å². The van der Waals surface area contributed by atoms with Crippen molar-refractivity contribution < 1.29 is 10.2 Å². The zero-order valence-corrected chi connectivity index (χ0v) is 12.9. The van der Waals surface area contributed by atoms with Crippen LogP contribution in [0.15, 0.2) is 47.6 Å². The second-order valence-electron chi connectivity index (χ2n) is 5.52. The van der Waals surface area contributed by atoms with Crippen molar-refractivity contribution in [3.63, 3.8) is 0 Å². The van der Waals surface area contributed by atoms with E-state index in [-0.39, 0.29) is 11.5 Å². The molecule has 5 heteroatoms. The fourth-order valence-corrected chi connectivity index (χ4v) is 2.62. The zero-order valence-electron chi connectivity index (χ0n) is 12.9. The van der Waals surface area contributed by atoms with E-state index in [1.807, 2.05) is 32.0 Å². The third kappa shape index (κ3) is 2.68. The maximum absolute atomic E-state index is 10.0. The molecule has 0 fully saturated rings. The predicted octanol–water partition coefficient (Wildman–Crippen LogP) is 2.97. The molecular weight excluding hydrogens is 290 g/mol. The van der Waals surface area contributed by atoms with Crippen LogP contribution in [0.25, 0.3) is 10.9 Å². The molecule has 3 rings (SSSR count). The molecule has 0 atom stereocenters. The van der Waals surface area contributed by atoms with Gasteiger partial charge in [0.1, 0.15) is 17.2 Å². The lowest BCUT2D eigenvalue weighted by Crippen LogP contribution is -2.09. The van der Waals surface area contributed by atoms with Gasteiger partial charge in [0.05, 0.1) is 11.2 Å². The normalized spacial score (nSPS) is 11.8. The first kappa shape index (κ1) is 14.8. The minimum absolute atomic E-state index is 0.0271. The summed E-state index contributed by atoms with van der Waals surface area (Å²) < 4.78 is 0. The Labute approximate surface area is 133 Å². The van der Waals surface area contributed by atoms with E-state index in [0.717, 1.165) is 16.5 Å². The number of hydrogen-bond acceptors (Lipinski definition) is 5. The molecule has 2 aromatic carbocycles. The molecule has 5 nitrogen and oxygen atoms in total. The van der Waals surface area contributed by atoms with Gasteiger partial charge >= 0.3 is 0 Å². The topological polar surface area (TPSA) is 91.7 Å². The van der Waals surface area contributed by atoms with Crippen LogP contribution in [0.4, 0.5) is 0 Å². The van der Waals surface area contributed by atoms with Crippen molar-refractivity contribution in [1.82, 2.24) is 4.98 Å². The first-order valence-corrected chi connectivity index (χ1v) is 7.18. The number of fused-ring (bicyclic) bond motifs is 1. The van der Waals surface area contributed by atoms with Crippen molar-refractivity contribution in [2.75, 3.05) is 0 Å². The van der Waals surface area contributed by atoms with Crippen LogP contribution in [0.2, 0.25) is 0 Å². The second kappa shape index (κ2) is 5.61. The van der Waals surface area contributed by atoms with Crippen molar-refractivity contribution >= 4 is 16.6 Å². The van der Waals surface area contributed by atoms with E-state index >= 15 is 0 Å². The maximum atomic E-state index is 10.0. The quantitative estimate of drug-likeness (QED) is 0.385. The molecule has 0 saturated heterocycles. The second-order valence-corrected chi connectivity index (χ2v) is 5.52. The van der Waals surface area contributed by atoms with E-state index in [1.165, 1.54) is 17.7 Å². The van der Waals surface area contributed by atoms with Crippen LogP contribution in [0.5, 0.6) is 11.5 Å². The van der Waals surface area contributed by atoms with Crippen LogP contribution in [0, 0.1) is 13.8 Å². The van der Waals surface area contributed by atoms with Gasteiger partial charge in [-0.2, -0.15) is 5.10 Å². The minimum Gasteiger partial charge on any atom is -0.508 e. The fraction of sp³-hybridized carbons (Fsp3) is 0.111.